The monoisotopic (exact) mass is 327 g/mol. The van der Waals surface area contributed by atoms with Gasteiger partial charge in [0.05, 0.1) is 0 Å². The molecule has 3 rings (SSSR count). The number of nitrogens with zero attached hydrogens (tertiary/aromatic N) is 1. The second-order valence-electron chi connectivity index (χ2n) is 5.65. The number of benzene rings is 2. The van der Waals surface area contributed by atoms with Crippen LogP contribution < -0.4 is 10.6 Å². The van der Waals surface area contributed by atoms with Crippen molar-refractivity contribution in [1.29, 1.82) is 0 Å². The number of likely N-dealkylation sites (tertiary alicyclic amines) is 1. The van der Waals surface area contributed by atoms with Crippen LogP contribution in [0.3, 0.4) is 0 Å². The predicted molar refractivity (Wildman–Crippen MR) is 90.2 cm³/mol. The lowest BCUT2D eigenvalue weighted by Gasteiger charge is -2.24. The summed E-state index contributed by atoms with van der Waals surface area (Å²) in [7, 11) is 0. The Morgan fingerprint density at radius 2 is 1.75 bits per heavy atom. The molecule has 2 aromatic rings. The minimum Gasteiger partial charge on any atom is -0.324 e. The zero-order chi connectivity index (χ0) is 16.9. The standard InChI is InChI=1S/C18H18FN3O2/c19-13-6-4-9-15(12-13)20-17(23)16-10-5-11-22(16)18(24)21-14-7-2-1-3-8-14/h1-4,6-9,12,16H,5,10-11H2,(H,20,23)(H,21,24). The molecule has 124 valence electrons. The molecular formula is C18H18FN3O2. The molecule has 1 aliphatic heterocycles. The molecular weight excluding hydrogens is 309 g/mol. The van der Waals surface area contributed by atoms with Gasteiger partial charge >= 0.3 is 6.03 Å². The van der Waals surface area contributed by atoms with Crippen molar-refractivity contribution in [3.8, 4) is 0 Å². The highest BCUT2D eigenvalue weighted by Gasteiger charge is 2.34. The Balaban J connectivity index is 1.66. The van der Waals surface area contributed by atoms with Crippen molar-refractivity contribution in [2.75, 3.05) is 17.2 Å². The number of halogens is 1. The predicted octanol–water partition coefficient (Wildman–Crippen LogP) is 3.46. The first-order valence-corrected chi connectivity index (χ1v) is 7.82. The SMILES string of the molecule is O=C(Nc1cccc(F)c1)C1CCCN1C(=O)Nc1ccccc1. The molecule has 3 amide bonds. The fraction of sp³-hybridized carbons (Fsp3) is 0.222. The van der Waals surface area contributed by atoms with Crippen molar-refractivity contribution in [2.24, 2.45) is 0 Å². The molecule has 1 heterocycles. The lowest BCUT2D eigenvalue weighted by atomic mass is 10.2. The van der Waals surface area contributed by atoms with Crippen LogP contribution in [-0.2, 0) is 4.79 Å². The van der Waals surface area contributed by atoms with Gasteiger partial charge in [-0.25, -0.2) is 9.18 Å². The topological polar surface area (TPSA) is 61.4 Å². The molecule has 2 N–H and O–H groups in total. The summed E-state index contributed by atoms with van der Waals surface area (Å²) in [5.74, 6) is -0.723. The van der Waals surface area contributed by atoms with Gasteiger partial charge in [-0.1, -0.05) is 24.3 Å². The molecule has 5 nitrogen and oxygen atoms in total. The van der Waals surface area contributed by atoms with E-state index in [0.717, 1.165) is 6.42 Å². The van der Waals surface area contributed by atoms with E-state index in [1.165, 1.54) is 23.1 Å². The third-order valence-corrected chi connectivity index (χ3v) is 3.93. The fourth-order valence-electron chi connectivity index (χ4n) is 2.79. The molecule has 1 atom stereocenters. The van der Waals surface area contributed by atoms with Crippen LogP contribution in [0.5, 0.6) is 0 Å². The number of carbonyl (C=O) groups excluding carboxylic acids is 2. The van der Waals surface area contributed by atoms with Gasteiger partial charge in [-0.05, 0) is 43.2 Å². The first-order chi connectivity index (χ1) is 11.6. The summed E-state index contributed by atoms with van der Waals surface area (Å²) < 4.78 is 13.2. The highest BCUT2D eigenvalue weighted by atomic mass is 19.1. The van der Waals surface area contributed by atoms with Crippen LogP contribution in [0.25, 0.3) is 0 Å². The average molecular weight is 327 g/mol. The minimum atomic E-state index is -0.558. The molecule has 1 fully saturated rings. The summed E-state index contributed by atoms with van der Waals surface area (Å²) in [6, 6.07) is 13.9. The second-order valence-corrected chi connectivity index (χ2v) is 5.65. The lowest BCUT2D eigenvalue weighted by molar-refractivity contribution is -0.119. The Morgan fingerprint density at radius 3 is 2.50 bits per heavy atom. The summed E-state index contributed by atoms with van der Waals surface area (Å²) in [6.45, 7) is 0.514. The van der Waals surface area contributed by atoms with Crippen LogP contribution in [0.15, 0.2) is 54.6 Å². The van der Waals surface area contributed by atoms with E-state index < -0.39 is 11.9 Å². The molecule has 0 aromatic heterocycles. The van der Waals surface area contributed by atoms with Crippen molar-refractivity contribution in [3.05, 3.63) is 60.4 Å². The number of nitrogens with one attached hydrogen (secondary N) is 2. The second kappa shape index (κ2) is 7.12. The summed E-state index contributed by atoms with van der Waals surface area (Å²) in [4.78, 5) is 26.4. The third-order valence-electron chi connectivity index (χ3n) is 3.93. The summed E-state index contributed by atoms with van der Waals surface area (Å²) in [5, 5.41) is 5.46. The Bertz CT molecular complexity index is 736. The molecule has 2 aromatic carbocycles. The zero-order valence-electron chi connectivity index (χ0n) is 13.0. The first kappa shape index (κ1) is 16.0. The van der Waals surface area contributed by atoms with E-state index in [1.54, 1.807) is 18.2 Å². The zero-order valence-corrected chi connectivity index (χ0v) is 13.0. The first-order valence-electron chi connectivity index (χ1n) is 7.82. The van der Waals surface area contributed by atoms with Gasteiger partial charge in [0.25, 0.3) is 0 Å². The lowest BCUT2D eigenvalue weighted by Crippen LogP contribution is -2.45. The maximum atomic E-state index is 13.2. The van der Waals surface area contributed by atoms with E-state index in [4.69, 9.17) is 0 Å². The van der Waals surface area contributed by atoms with Crippen molar-refractivity contribution in [2.45, 2.75) is 18.9 Å². The molecule has 6 heteroatoms. The number of para-hydroxylation sites is 1. The van der Waals surface area contributed by atoms with Crippen LogP contribution in [0.1, 0.15) is 12.8 Å². The van der Waals surface area contributed by atoms with Gasteiger partial charge in [0.1, 0.15) is 11.9 Å². The maximum absolute atomic E-state index is 13.2. The smallest absolute Gasteiger partial charge is 0.322 e. The Labute approximate surface area is 139 Å². The molecule has 0 aliphatic carbocycles. The Kier molecular flexibility index (Phi) is 4.74. The number of hydrogen-bond acceptors (Lipinski definition) is 2. The van der Waals surface area contributed by atoms with Gasteiger partial charge in [-0.3, -0.25) is 4.79 Å². The number of amides is 3. The molecule has 1 saturated heterocycles. The summed E-state index contributed by atoms with van der Waals surface area (Å²) >= 11 is 0. The van der Waals surface area contributed by atoms with Crippen LogP contribution in [-0.4, -0.2) is 29.4 Å². The van der Waals surface area contributed by atoms with E-state index in [9.17, 15) is 14.0 Å². The van der Waals surface area contributed by atoms with Gasteiger partial charge < -0.3 is 15.5 Å². The highest BCUT2D eigenvalue weighted by molar-refractivity contribution is 5.99. The average Bonchev–Trinajstić information content (AvgIpc) is 3.06. The summed E-state index contributed by atoms with van der Waals surface area (Å²) in [5.41, 5.74) is 1.06. The van der Waals surface area contributed by atoms with Gasteiger partial charge in [-0.15, -0.1) is 0 Å². The van der Waals surface area contributed by atoms with E-state index in [2.05, 4.69) is 10.6 Å². The van der Waals surface area contributed by atoms with E-state index in [0.29, 0.717) is 24.3 Å². The molecule has 0 bridgehead atoms. The van der Waals surface area contributed by atoms with Gasteiger partial charge in [0, 0.05) is 17.9 Å². The largest absolute Gasteiger partial charge is 0.324 e. The molecule has 0 saturated carbocycles. The molecule has 1 unspecified atom stereocenters. The van der Waals surface area contributed by atoms with Crippen LogP contribution >= 0.6 is 0 Å². The number of anilines is 2. The molecule has 0 spiro atoms. The third kappa shape index (κ3) is 3.71. The number of carbonyl (C=O) groups is 2. The summed E-state index contributed by atoms with van der Waals surface area (Å²) in [6.07, 6.45) is 1.34. The van der Waals surface area contributed by atoms with Crippen molar-refractivity contribution >= 4 is 23.3 Å². The highest BCUT2D eigenvalue weighted by Crippen LogP contribution is 2.21. The van der Waals surface area contributed by atoms with Crippen LogP contribution in [0.2, 0.25) is 0 Å². The normalized spacial score (nSPS) is 16.7. The van der Waals surface area contributed by atoms with Crippen molar-refractivity contribution in [1.82, 2.24) is 4.90 Å². The molecule has 24 heavy (non-hydrogen) atoms. The van der Waals surface area contributed by atoms with Crippen molar-refractivity contribution < 1.29 is 14.0 Å². The van der Waals surface area contributed by atoms with Crippen LogP contribution in [0, 0.1) is 5.82 Å². The number of rotatable bonds is 3. The number of hydrogen-bond donors (Lipinski definition) is 2. The van der Waals surface area contributed by atoms with Gasteiger partial charge in [0.2, 0.25) is 5.91 Å². The van der Waals surface area contributed by atoms with E-state index in [-0.39, 0.29) is 11.9 Å². The van der Waals surface area contributed by atoms with E-state index in [1.807, 2.05) is 18.2 Å². The fourth-order valence-corrected chi connectivity index (χ4v) is 2.79. The molecule has 0 radical (unpaired) electrons. The minimum absolute atomic E-state index is 0.304. The Hall–Kier alpha value is -2.89. The Morgan fingerprint density at radius 1 is 1.00 bits per heavy atom. The van der Waals surface area contributed by atoms with Crippen LogP contribution in [0.4, 0.5) is 20.6 Å². The molecule has 1 aliphatic rings. The van der Waals surface area contributed by atoms with E-state index >= 15 is 0 Å². The van der Waals surface area contributed by atoms with Gasteiger partial charge in [-0.2, -0.15) is 0 Å². The quantitative estimate of drug-likeness (QED) is 0.907. The maximum Gasteiger partial charge on any atom is 0.322 e. The van der Waals surface area contributed by atoms with Gasteiger partial charge in [0.15, 0.2) is 0 Å². The number of urea groups is 1. The van der Waals surface area contributed by atoms with Crippen molar-refractivity contribution in [3.63, 3.8) is 0 Å².